The van der Waals surface area contributed by atoms with Crippen molar-refractivity contribution in [2.45, 2.75) is 13.3 Å². The molecule has 0 aliphatic heterocycles. The summed E-state index contributed by atoms with van der Waals surface area (Å²) in [4.78, 5) is 12.4. The number of hydrogen-bond donors (Lipinski definition) is 1. The Hall–Kier alpha value is -3.66. The number of para-hydroxylation sites is 1. The molecule has 0 saturated heterocycles. The van der Waals surface area contributed by atoms with E-state index in [1.54, 1.807) is 6.21 Å². The number of benzene rings is 3. The monoisotopic (exact) mass is 367 g/mol. The summed E-state index contributed by atoms with van der Waals surface area (Å²) in [5.41, 5.74) is 6.73. The Kier molecular flexibility index (Phi) is 5.02. The molecule has 3 aromatic carbocycles. The minimum atomic E-state index is -0.137. The summed E-state index contributed by atoms with van der Waals surface area (Å²) >= 11 is 0. The van der Waals surface area contributed by atoms with Crippen LogP contribution in [0.3, 0.4) is 0 Å². The van der Waals surface area contributed by atoms with Crippen LogP contribution >= 0.6 is 0 Å². The van der Waals surface area contributed by atoms with Crippen molar-refractivity contribution in [2.24, 2.45) is 5.10 Å². The lowest BCUT2D eigenvalue weighted by Gasteiger charge is -2.09. The van der Waals surface area contributed by atoms with E-state index in [4.69, 9.17) is 0 Å². The van der Waals surface area contributed by atoms with Crippen molar-refractivity contribution in [3.8, 4) is 5.69 Å². The second-order valence-electron chi connectivity index (χ2n) is 6.68. The highest BCUT2D eigenvalue weighted by Gasteiger charge is 2.07. The van der Waals surface area contributed by atoms with Gasteiger partial charge in [0.25, 0.3) is 0 Å². The molecule has 4 aromatic rings. The lowest BCUT2D eigenvalue weighted by molar-refractivity contribution is -0.120. The fraction of sp³-hybridized carbons (Fsp3) is 0.0833. The van der Waals surface area contributed by atoms with E-state index >= 15 is 0 Å². The van der Waals surface area contributed by atoms with Gasteiger partial charge in [0.1, 0.15) is 0 Å². The normalized spacial score (nSPS) is 11.2. The predicted octanol–water partition coefficient (Wildman–Crippen LogP) is 4.63. The number of nitrogens with one attached hydrogen (secondary N) is 1. The van der Waals surface area contributed by atoms with Crippen molar-refractivity contribution in [3.05, 3.63) is 102 Å². The first-order valence-corrected chi connectivity index (χ1v) is 9.25. The summed E-state index contributed by atoms with van der Waals surface area (Å²) in [6.45, 7) is 2.05. The Morgan fingerprint density at radius 2 is 1.68 bits per heavy atom. The quantitative estimate of drug-likeness (QED) is 0.406. The van der Waals surface area contributed by atoms with Crippen molar-refractivity contribution >= 4 is 22.9 Å². The standard InChI is InChI=1S/C24H21N3O/c1-18-14-15-22(27(18)21-11-3-2-4-12-21)17-25-26-24(28)16-20-10-7-9-19-8-5-6-13-23(19)20/h2-15,17H,16H2,1H3,(H,26,28)/b25-17+. The van der Waals surface area contributed by atoms with Crippen molar-refractivity contribution in [1.29, 1.82) is 0 Å². The summed E-state index contributed by atoms with van der Waals surface area (Å²) in [6, 6.07) is 28.2. The second kappa shape index (κ2) is 7.92. The van der Waals surface area contributed by atoms with Crippen LogP contribution in [-0.2, 0) is 11.2 Å². The van der Waals surface area contributed by atoms with Crippen LogP contribution in [0.2, 0.25) is 0 Å². The third-order valence-corrected chi connectivity index (χ3v) is 4.74. The van der Waals surface area contributed by atoms with E-state index in [-0.39, 0.29) is 12.3 Å². The molecule has 1 N–H and O–H groups in total. The fourth-order valence-corrected chi connectivity index (χ4v) is 3.42. The van der Waals surface area contributed by atoms with E-state index in [0.29, 0.717) is 0 Å². The molecule has 0 fully saturated rings. The van der Waals surface area contributed by atoms with Gasteiger partial charge in [-0.05, 0) is 47.5 Å². The molecule has 4 nitrogen and oxygen atoms in total. The third-order valence-electron chi connectivity index (χ3n) is 4.74. The Morgan fingerprint density at radius 3 is 2.54 bits per heavy atom. The molecular weight excluding hydrogens is 346 g/mol. The molecule has 1 heterocycles. The number of aromatic nitrogens is 1. The number of aryl methyl sites for hydroxylation is 1. The van der Waals surface area contributed by atoms with E-state index in [0.717, 1.165) is 33.4 Å². The van der Waals surface area contributed by atoms with Crippen LogP contribution in [-0.4, -0.2) is 16.7 Å². The number of carbonyl (C=O) groups excluding carboxylic acids is 1. The summed E-state index contributed by atoms with van der Waals surface area (Å²) in [7, 11) is 0. The van der Waals surface area contributed by atoms with Gasteiger partial charge in [-0.15, -0.1) is 0 Å². The molecule has 0 saturated carbocycles. The molecule has 0 unspecified atom stereocenters. The molecule has 0 aliphatic carbocycles. The molecule has 0 radical (unpaired) electrons. The Balaban J connectivity index is 1.48. The largest absolute Gasteiger partial charge is 0.313 e. The van der Waals surface area contributed by atoms with Gasteiger partial charge in [0, 0.05) is 11.4 Å². The first-order valence-electron chi connectivity index (χ1n) is 9.25. The number of rotatable bonds is 5. The van der Waals surface area contributed by atoms with Gasteiger partial charge < -0.3 is 4.57 Å². The first-order chi connectivity index (χ1) is 13.7. The van der Waals surface area contributed by atoms with Crippen molar-refractivity contribution < 1.29 is 4.79 Å². The maximum absolute atomic E-state index is 12.4. The molecule has 1 aromatic heterocycles. The van der Waals surface area contributed by atoms with Crippen molar-refractivity contribution in [2.75, 3.05) is 0 Å². The average Bonchev–Trinajstić information content (AvgIpc) is 3.09. The van der Waals surface area contributed by atoms with Gasteiger partial charge in [0.05, 0.1) is 18.3 Å². The third kappa shape index (κ3) is 3.71. The molecule has 28 heavy (non-hydrogen) atoms. The highest BCUT2D eigenvalue weighted by molar-refractivity contribution is 5.90. The molecule has 0 atom stereocenters. The second-order valence-corrected chi connectivity index (χ2v) is 6.68. The van der Waals surface area contributed by atoms with Crippen LogP contribution in [0.5, 0.6) is 0 Å². The number of fused-ring (bicyclic) bond motifs is 1. The number of nitrogens with zero attached hydrogens (tertiary/aromatic N) is 2. The zero-order valence-corrected chi connectivity index (χ0v) is 15.7. The van der Waals surface area contributed by atoms with Gasteiger partial charge in [-0.3, -0.25) is 4.79 Å². The number of hydrogen-bond acceptors (Lipinski definition) is 2. The molecule has 4 heteroatoms. The molecule has 4 rings (SSSR count). The van der Waals surface area contributed by atoms with E-state index in [1.165, 1.54) is 0 Å². The summed E-state index contributed by atoms with van der Waals surface area (Å²) < 4.78 is 2.10. The van der Waals surface area contributed by atoms with Crippen LogP contribution in [0.1, 0.15) is 17.0 Å². The molecule has 0 spiro atoms. The Bertz CT molecular complexity index is 1140. The van der Waals surface area contributed by atoms with Gasteiger partial charge in [0.15, 0.2) is 0 Å². The van der Waals surface area contributed by atoms with Gasteiger partial charge in [-0.25, -0.2) is 5.43 Å². The molecular formula is C24H21N3O. The Labute approximate surface area is 164 Å². The van der Waals surface area contributed by atoms with Crippen LogP contribution in [0.15, 0.2) is 90.0 Å². The zero-order valence-electron chi connectivity index (χ0n) is 15.7. The maximum atomic E-state index is 12.4. The zero-order chi connectivity index (χ0) is 19.3. The van der Waals surface area contributed by atoms with Crippen LogP contribution in [0, 0.1) is 6.92 Å². The first kappa shape index (κ1) is 17.7. The van der Waals surface area contributed by atoms with E-state index in [2.05, 4.69) is 27.2 Å². The average molecular weight is 367 g/mol. The molecule has 0 aliphatic rings. The lowest BCUT2D eigenvalue weighted by atomic mass is 10.0. The number of amides is 1. The molecule has 138 valence electrons. The summed E-state index contributed by atoms with van der Waals surface area (Å²) in [5.74, 6) is -0.137. The predicted molar refractivity (Wildman–Crippen MR) is 114 cm³/mol. The van der Waals surface area contributed by atoms with Gasteiger partial charge in [-0.1, -0.05) is 60.7 Å². The smallest absolute Gasteiger partial charge is 0.244 e. The van der Waals surface area contributed by atoms with Crippen molar-refractivity contribution in [1.82, 2.24) is 9.99 Å². The minimum absolute atomic E-state index is 0.137. The number of carbonyl (C=O) groups is 1. The van der Waals surface area contributed by atoms with Gasteiger partial charge in [-0.2, -0.15) is 5.10 Å². The summed E-state index contributed by atoms with van der Waals surface area (Å²) in [5, 5.41) is 6.40. The Morgan fingerprint density at radius 1 is 0.929 bits per heavy atom. The fourth-order valence-electron chi connectivity index (χ4n) is 3.42. The highest BCUT2D eigenvalue weighted by Crippen LogP contribution is 2.19. The van der Waals surface area contributed by atoms with Crippen LogP contribution in [0.25, 0.3) is 16.5 Å². The van der Waals surface area contributed by atoms with E-state index in [1.807, 2.05) is 79.7 Å². The van der Waals surface area contributed by atoms with Crippen molar-refractivity contribution in [3.63, 3.8) is 0 Å². The number of hydrazone groups is 1. The minimum Gasteiger partial charge on any atom is -0.313 e. The summed E-state index contributed by atoms with van der Waals surface area (Å²) in [6.07, 6.45) is 1.97. The van der Waals surface area contributed by atoms with Gasteiger partial charge in [0.2, 0.25) is 5.91 Å². The topological polar surface area (TPSA) is 46.4 Å². The highest BCUT2D eigenvalue weighted by atomic mass is 16.2. The maximum Gasteiger partial charge on any atom is 0.244 e. The molecule has 1 amide bonds. The lowest BCUT2D eigenvalue weighted by Crippen LogP contribution is -2.20. The van der Waals surface area contributed by atoms with E-state index in [9.17, 15) is 4.79 Å². The van der Waals surface area contributed by atoms with E-state index < -0.39 is 0 Å². The van der Waals surface area contributed by atoms with Gasteiger partial charge >= 0.3 is 0 Å². The molecule has 0 bridgehead atoms. The van der Waals surface area contributed by atoms with Crippen LogP contribution < -0.4 is 5.43 Å². The SMILES string of the molecule is Cc1ccc(/C=N/NC(=O)Cc2cccc3ccccc23)n1-c1ccccc1. The van der Waals surface area contributed by atoms with Crippen LogP contribution in [0.4, 0.5) is 0 Å².